The van der Waals surface area contributed by atoms with Gasteiger partial charge in [0, 0.05) is 16.8 Å². The van der Waals surface area contributed by atoms with Crippen molar-refractivity contribution in [3.8, 4) is 5.75 Å². The van der Waals surface area contributed by atoms with Crippen LogP contribution in [0.3, 0.4) is 0 Å². The zero-order chi connectivity index (χ0) is 23.1. The first-order chi connectivity index (χ1) is 15.3. The molecular formula is C25H25N3O4. The lowest BCUT2D eigenvalue weighted by atomic mass is 10.1. The predicted molar refractivity (Wildman–Crippen MR) is 122 cm³/mol. The molecule has 0 fully saturated rings. The van der Waals surface area contributed by atoms with Crippen molar-refractivity contribution in [2.24, 2.45) is 0 Å². The number of amides is 3. The fraction of sp³-hybridized carbons (Fsp3) is 0.160. The highest BCUT2D eigenvalue weighted by Crippen LogP contribution is 2.23. The third-order valence-corrected chi connectivity index (χ3v) is 4.81. The van der Waals surface area contributed by atoms with Crippen molar-refractivity contribution < 1.29 is 19.1 Å². The zero-order valence-corrected chi connectivity index (χ0v) is 18.1. The number of hydrogen-bond donors (Lipinski definition) is 3. The highest BCUT2D eigenvalue weighted by molar-refractivity contribution is 6.04. The fourth-order valence-corrected chi connectivity index (χ4v) is 3.01. The predicted octanol–water partition coefficient (Wildman–Crippen LogP) is 3.78. The Balaban J connectivity index is 1.52. The van der Waals surface area contributed by atoms with Crippen LogP contribution in [0.15, 0.2) is 72.8 Å². The van der Waals surface area contributed by atoms with Gasteiger partial charge in [-0.05, 0) is 68.3 Å². The molecule has 3 amide bonds. The standard InChI is InChI=1S/C25H25N3O4/c1-16-8-7-9-17(2)22(16)32-18(3)23(29)27-28-25(31)20-12-14-21(15-13-20)26-24(30)19-10-5-4-6-11-19/h4-15,18H,1-3H3,(H,26,30)(H,27,29)(H,28,31). The minimum atomic E-state index is -0.800. The summed E-state index contributed by atoms with van der Waals surface area (Å²) in [5.41, 5.74) is 8.01. The van der Waals surface area contributed by atoms with Crippen LogP contribution in [0.2, 0.25) is 0 Å². The highest BCUT2D eigenvalue weighted by atomic mass is 16.5. The number of hydrazine groups is 1. The molecule has 7 heteroatoms. The van der Waals surface area contributed by atoms with E-state index in [0.717, 1.165) is 11.1 Å². The minimum Gasteiger partial charge on any atom is -0.480 e. The molecule has 0 radical (unpaired) electrons. The van der Waals surface area contributed by atoms with Crippen LogP contribution in [0.1, 0.15) is 38.8 Å². The molecule has 7 nitrogen and oxygen atoms in total. The Morgan fingerprint density at radius 1 is 0.719 bits per heavy atom. The molecule has 0 saturated carbocycles. The molecule has 0 aliphatic heterocycles. The number of benzene rings is 3. The largest absolute Gasteiger partial charge is 0.480 e. The van der Waals surface area contributed by atoms with Gasteiger partial charge in [0.15, 0.2) is 6.10 Å². The fourth-order valence-electron chi connectivity index (χ4n) is 3.01. The first-order valence-corrected chi connectivity index (χ1v) is 10.1. The molecule has 0 saturated heterocycles. The van der Waals surface area contributed by atoms with Gasteiger partial charge in [-0.2, -0.15) is 0 Å². The number of nitrogens with one attached hydrogen (secondary N) is 3. The van der Waals surface area contributed by atoms with E-state index in [4.69, 9.17) is 4.74 Å². The van der Waals surface area contributed by atoms with Crippen LogP contribution in [-0.4, -0.2) is 23.8 Å². The number of anilines is 1. The van der Waals surface area contributed by atoms with E-state index in [1.807, 2.05) is 38.1 Å². The van der Waals surface area contributed by atoms with Gasteiger partial charge in [0.25, 0.3) is 17.7 Å². The average molecular weight is 431 g/mol. The van der Waals surface area contributed by atoms with Crippen LogP contribution < -0.4 is 20.9 Å². The smallest absolute Gasteiger partial charge is 0.279 e. The van der Waals surface area contributed by atoms with Crippen LogP contribution in [0.25, 0.3) is 0 Å². The summed E-state index contributed by atoms with van der Waals surface area (Å²) in [4.78, 5) is 36.9. The number of rotatable bonds is 6. The van der Waals surface area contributed by atoms with Gasteiger partial charge in [-0.1, -0.05) is 36.4 Å². The van der Waals surface area contributed by atoms with Gasteiger partial charge in [-0.15, -0.1) is 0 Å². The maximum Gasteiger partial charge on any atom is 0.279 e. The molecule has 3 aromatic carbocycles. The SMILES string of the molecule is Cc1cccc(C)c1OC(C)C(=O)NNC(=O)c1ccc(NC(=O)c2ccccc2)cc1. The molecule has 0 heterocycles. The van der Waals surface area contributed by atoms with Gasteiger partial charge in [0.1, 0.15) is 5.75 Å². The molecule has 0 spiro atoms. The van der Waals surface area contributed by atoms with E-state index in [1.165, 1.54) is 0 Å². The van der Waals surface area contributed by atoms with Crippen molar-refractivity contribution in [1.82, 2.24) is 10.9 Å². The van der Waals surface area contributed by atoms with Crippen LogP contribution in [0.5, 0.6) is 5.75 Å². The Labute approximate surface area is 186 Å². The van der Waals surface area contributed by atoms with E-state index >= 15 is 0 Å². The number of aryl methyl sites for hydroxylation is 2. The summed E-state index contributed by atoms with van der Waals surface area (Å²) in [6, 6.07) is 20.9. The van der Waals surface area contributed by atoms with Crippen molar-refractivity contribution in [2.75, 3.05) is 5.32 Å². The minimum absolute atomic E-state index is 0.243. The molecule has 0 bridgehead atoms. The van der Waals surface area contributed by atoms with Gasteiger partial charge in [0.2, 0.25) is 0 Å². The lowest BCUT2D eigenvalue weighted by Crippen LogP contribution is -2.47. The Morgan fingerprint density at radius 3 is 1.94 bits per heavy atom. The number of hydrogen-bond acceptors (Lipinski definition) is 4. The maximum absolute atomic E-state index is 12.3. The van der Waals surface area contributed by atoms with Crippen molar-refractivity contribution in [1.29, 1.82) is 0 Å². The van der Waals surface area contributed by atoms with Crippen molar-refractivity contribution in [3.05, 3.63) is 95.1 Å². The zero-order valence-electron chi connectivity index (χ0n) is 18.1. The molecule has 3 N–H and O–H groups in total. The molecule has 3 aromatic rings. The Hall–Kier alpha value is -4.13. The molecule has 1 unspecified atom stereocenters. The highest BCUT2D eigenvalue weighted by Gasteiger charge is 2.18. The summed E-state index contributed by atoms with van der Waals surface area (Å²) >= 11 is 0. The second-order valence-electron chi connectivity index (χ2n) is 7.32. The first kappa shape index (κ1) is 22.6. The van der Waals surface area contributed by atoms with Gasteiger partial charge in [0.05, 0.1) is 0 Å². The van der Waals surface area contributed by atoms with E-state index in [0.29, 0.717) is 22.6 Å². The van der Waals surface area contributed by atoms with E-state index in [1.54, 1.807) is 55.5 Å². The monoisotopic (exact) mass is 431 g/mol. The number of para-hydroxylation sites is 1. The quantitative estimate of drug-likeness (QED) is 0.518. The maximum atomic E-state index is 12.3. The van der Waals surface area contributed by atoms with Crippen LogP contribution in [0, 0.1) is 13.8 Å². The van der Waals surface area contributed by atoms with Crippen LogP contribution in [-0.2, 0) is 4.79 Å². The summed E-state index contributed by atoms with van der Waals surface area (Å²) in [7, 11) is 0. The topological polar surface area (TPSA) is 96.5 Å². The normalized spacial score (nSPS) is 11.2. The number of ether oxygens (including phenoxy) is 1. The molecule has 164 valence electrons. The van der Waals surface area contributed by atoms with Crippen molar-refractivity contribution >= 4 is 23.4 Å². The van der Waals surface area contributed by atoms with Crippen LogP contribution >= 0.6 is 0 Å². The number of carbonyl (C=O) groups is 3. The number of carbonyl (C=O) groups excluding carboxylic acids is 3. The van der Waals surface area contributed by atoms with Crippen LogP contribution in [0.4, 0.5) is 5.69 Å². The second kappa shape index (κ2) is 10.3. The van der Waals surface area contributed by atoms with Crippen molar-refractivity contribution in [2.45, 2.75) is 26.9 Å². The summed E-state index contributed by atoms with van der Waals surface area (Å²) in [6.45, 7) is 5.42. The van der Waals surface area contributed by atoms with Crippen molar-refractivity contribution in [3.63, 3.8) is 0 Å². The first-order valence-electron chi connectivity index (χ1n) is 10.1. The summed E-state index contributed by atoms with van der Waals surface area (Å²) in [5, 5.41) is 2.76. The second-order valence-corrected chi connectivity index (χ2v) is 7.32. The lowest BCUT2D eigenvalue weighted by Gasteiger charge is -2.18. The molecule has 3 rings (SSSR count). The Bertz CT molecular complexity index is 1090. The van der Waals surface area contributed by atoms with Gasteiger partial charge >= 0.3 is 0 Å². The molecular weight excluding hydrogens is 406 g/mol. The molecule has 0 aliphatic carbocycles. The van der Waals surface area contributed by atoms with E-state index in [2.05, 4.69) is 16.2 Å². The Morgan fingerprint density at radius 2 is 1.31 bits per heavy atom. The third kappa shape index (κ3) is 5.72. The molecule has 0 aromatic heterocycles. The van der Waals surface area contributed by atoms with Gasteiger partial charge in [-0.25, -0.2) is 0 Å². The van der Waals surface area contributed by atoms with E-state index in [9.17, 15) is 14.4 Å². The molecule has 0 aliphatic rings. The summed E-state index contributed by atoms with van der Waals surface area (Å²) in [6.07, 6.45) is -0.800. The lowest BCUT2D eigenvalue weighted by molar-refractivity contribution is -0.128. The Kier molecular flexibility index (Phi) is 7.23. The van der Waals surface area contributed by atoms with E-state index < -0.39 is 17.9 Å². The van der Waals surface area contributed by atoms with E-state index in [-0.39, 0.29) is 5.91 Å². The molecule has 32 heavy (non-hydrogen) atoms. The average Bonchev–Trinajstić information content (AvgIpc) is 2.80. The summed E-state index contributed by atoms with van der Waals surface area (Å²) in [5.74, 6) is -0.561. The van der Waals surface area contributed by atoms with Gasteiger partial charge in [-0.3, -0.25) is 25.2 Å². The molecule has 1 atom stereocenters. The summed E-state index contributed by atoms with van der Waals surface area (Å²) < 4.78 is 5.76. The van der Waals surface area contributed by atoms with Gasteiger partial charge < -0.3 is 10.1 Å². The third-order valence-electron chi connectivity index (χ3n) is 4.81.